The summed E-state index contributed by atoms with van der Waals surface area (Å²) < 4.78 is 1.74. The van der Waals surface area contributed by atoms with E-state index in [1.54, 1.807) is 4.68 Å². The summed E-state index contributed by atoms with van der Waals surface area (Å²) in [6.07, 6.45) is 3.04. The van der Waals surface area contributed by atoms with Gasteiger partial charge in [0.2, 0.25) is 0 Å². The summed E-state index contributed by atoms with van der Waals surface area (Å²) in [5.74, 6) is 0.750. The largest absolute Gasteiger partial charge is 0.323 e. The Morgan fingerprint density at radius 2 is 1.96 bits per heavy atom. The van der Waals surface area contributed by atoms with Crippen LogP contribution < -0.4 is 5.32 Å². The molecule has 0 unspecified atom stereocenters. The summed E-state index contributed by atoms with van der Waals surface area (Å²) in [6, 6.07) is 9.95. The lowest BCUT2D eigenvalue weighted by Gasteiger charge is -2.25. The highest BCUT2D eigenvalue weighted by molar-refractivity contribution is 5.90. The van der Waals surface area contributed by atoms with Gasteiger partial charge >= 0.3 is 6.03 Å². The summed E-state index contributed by atoms with van der Waals surface area (Å²) in [5, 5.41) is 7.57. The number of nitrogens with one attached hydrogen (secondary N) is 1. The molecule has 0 radical (unpaired) electrons. The molecular weight excluding hydrogens is 288 g/mol. The van der Waals surface area contributed by atoms with E-state index < -0.39 is 0 Å². The predicted octanol–water partition coefficient (Wildman–Crippen LogP) is 3.58. The average Bonchev–Trinajstić information content (AvgIpc) is 2.84. The van der Waals surface area contributed by atoms with E-state index in [0.717, 1.165) is 35.6 Å². The zero-order valence-electron chi connectivity index (χ0n) is 13.8. The van der Waals surface area contributed by atoms with Crippen molar-refractivity contribution in [1.29, 1.82) is 0 Å². The molecule has 0 saturated heterocycles. The summed E-state index contributed by atoms with van der Waals surface area (Å²) in [4.78, 5) is 14.3. The van der Waals surface area contributed by atoms with E-state index >= 15 is 0 Å². The number of benzene rings is 1. The maximum absolute atomic E-state index is 12.5. The first kappa shape index (κ1) is 15.3. The van der Waals surface area contributed by atoms with Gasteiger partial charge in [0, 0.05) is 31.3 Å². The van der Waals surface area contributed by atoms with Crippen molar-refractivity contribution in [2.75, 3.05) is 18.4 Å². The number of amides is 2. The number of hydrogen-bond donors (Lipinski definition) is 1. The van der Waals surface area contributed by atoms with Crippen molar-refractivity contribution >= 4 is 11.8 Å². The van der Waals surface area contributed by atoms with E-state index in [9.17, 15) is 4.79 Å². The van der Waals surface area contributed by atoms with Gasteiger partial charge in [-0.25, -0.2) is 4.79 Å². The number of aryl methyl sites for hydroxylation is 1. The van der Waals surface area contributed by atoms with Crippen LogP contribution in [0.5, 0.6) is 0 Å². The molecule has 2 aromatic rings. The lowest BCUT2D eigenvalue weighted by Crippen LogP contribution is -2.38. The molecule has 23 heavy (non-hydrogen) atoms. The maximum atomic E-state index is 12.5. The number of carbonyl (C=O) groups excluding carboxylic acids is 1. The van der Waals surface area contributed by atoms with Crippen molar-refractivity contribution in [2.45, 2.75) is 20.3 Å². The van der Waals surface area contributed by atoms with E-state index in [1.165, 1.54) is 5.57 Å². The monoisotopic (exact) mass is 310 g/mol. The van der Waals surface area contributed by atoms with Crippen LogP contribution in [0.3, 0.4) is 0 Å². The minimum absolute atomic E-state index is 0.0699. The normalized spacial score (nSPS) is 14.6. The predicted molar refractivity (Wildman–Crippen MR) is 92.3 cm³/mol. The van der Waals surface area contributed by atoms with Crippen LogP contribution in [0.25, 0.3) is 11.3 Å². The van der Waals surface area contributed by atoms with Gasteiger partial charge in [-0.1, -0.05) is 42.0 Å². The summed E-state index contributed by atoms with van der Waals surface area (Å²) in [5.41, 5.74) is 4.28. The molecule has 0 bridgehead atoms. The van der Waals surface area contributed by atoms with Crippen molar-refractivity contribution in [3.8, 4) is 11.3 Å². The number of rotatable bonds is 2. The molecule has 2 heterocycles. The van der Waals surface area contributed by atoms with Crippen molar-refractivity contribution in [3.05, 3.63) is 47.5 Å². The Labute approximate surface area is 136 Å². The highest BCUT2D eigenvalue weighted by atomic mass is 16.2. The van der Waals surface area contributed by atoms with Gasteiger partial charge in [-0.3, -0.25) is 10.00 Å². The SMILES string of the molecule is CC1=CCN(C(=O)Nc2c(C)c(-c3ccccc3)nn2C)CC1. The molecule has 1 aliphatic rings. The first-order valence-corrected chi connectivity index (χ1v) is 7.87. The van der Waals surface area contributed by atoms with Crippen LogP contribution in [-0.4, -0.2) is 33.8 Å². The molecule has 5 heteroatoms. The molecule has 5 nitrogen and oxygen atoms in total. The molecule has 1 aromatic heterocycles. The van der Waals surface area contributed by atoms with E-state index in [1.807, 2.05) is 49.2 Å². The van der Waals surface area contributed by atoms with Crippen molar-refractivity contribution < 1.29 is 4.79 Å². The van der Waals surface area contributed by atoms with E-state index in [0.29, 0.717) is 6.54 Å². The number of aromatic nitrogens is 2. The second-order valence-electron chi connectivity index (χ2n) is 5.99. The van der Waals surface area contributed by atoms with E-state index in [2.05, 4.69) is 23.4 Å². The molecule has 0 fully saturated rings. The van der Waals surface area contributed by atoms with Gasteiger partial charge in [0.25, 0.3) is 0 Å². The first-order valence-electron chi connectivity index (χ1n) is 7.87. The Morgan fingerprint density at radius 3 is 2.61 bits per heavy atom. The van der Waals surface area contributed by atoms with Crippen LogP contribution >= 0.6 is 0 Å². The Balaban J connectivity index is 1.81. The lowest BCUT2D eigenvalue weighted by atomic mass is 10.1. The fraction of sp³-hybridized carbons (Fsp3) is 0.333. The molecule has 1 N–H and O–H groups in total. The van der Waals surface area contributed by atoms with Crippen LogP contribution in [0.15, 0.2) is 42.0 Å². The van der Waals surface area contributed by atoms with Crippen LogP contribution in [-0.2, 0) is 7.05 Å². The van der Waals surface area contributed by atoms with Gasteiger partial charge < -0.3 is 4.90 Å². The van der Waals surface area contributed by atoms with Gasteiger partial charge in [-0.2, -0.15) is 5.10 Å². The summed E-state index contributed by atoms with van der Waals surface area (Å²) in [6.45, 7) is 5.52. The Hall–Kier alpha value is -2.56. The molecule has 2 amide bonds. The standard InChI is InChI=1S/C18H22N4O/c1-13-9-11-22(12-10-13)18(23)19-17-14(2)16(20-21(17)3)15-7-5-4-6-8-15/h4-9H,10-12H2,1-3H3,(H,19,23). The number of carbonyl (C=O) groups is 1. The van der Waals surface area contributed by atoms with Crippen LogP contribution in [0, 0.1) is 6.92 Å². The Kier molecular flexibility index (Phi) is 4.19. The quantitative estimate of drug-likeness (QED) is 0.862. The molecule has 3 rings (SSSR count). The van der Waals surface area contributed by atoms with Gasteiger partial charge in [0.1, 0.15) is 5.82 Å². The molecule has 1 aromatic carbocycles. The van der Waals surface area contributed by atoms with Crippen LogP contribution in [0.2, 0.25) is 0 Å². The zero-order chi connectivity index (χ0) is 16.4. The maximum Gasteiger partial charge on any atom is 0.323 e. The minimum atomic E-state index is -0.0699. The van der Waals surface area contributed by atoms with Crippen LogP contribution in [0.4, 0.5) is 10.6 Å². The second kappa shape index (κ2) is 6.28. The highest BCUT2D eigenvalue weighted by Gasteiger charge is 2.20. The first-order chi connectivity index (χ1) is 11.1. The fourth-order valence-electron chi connectivity index (χ4n) is 2.81. The molecule has 1 aliphatic heterocycles. The van der Waals surface area contributed by atoms with Gasteiger partial charge in [-0.15, -0.1) is 0 Å². The van der Waals surface area contributed by atoms with E-state index in [4.69, 9.17) is 0 Å². The Morgan fingerprint density at radius 1 is 1.22 bits per heavy atom. The second-order valence-corrected chi connectivity index (χ2v) is 5.99. The summed E-state index contributed by atoms with van der Waals surface area (Å²) in [7, 11) is 1.86. The van der Waals surface area contributed by atoms with Gasteiger partial charge in [0.05, 0.1) is 5.69 Å². The molecular formula is C18H22N4O. The highest BCUT2D eigenvalue weighted by Crippen LogP contribution is 2.27. The smallest absolute Gasteiger partial charge is 0.320 e. The molecule has 120 valence electrons. The average molecular weight is 310 g/mol. The number of anilines is 1. The molecule has 0 saturated carbocycles. The zero-order valence-corrected chi connectivity index (χ0v) is 13.8. The number of nitrogens with zero attached hydrogens (tertiary/aromatic N) is 3. The van der Waals surface area contributed by atoms with Crippen molar-refractivity contribution in [3.63, 3.8) is 0 Å². The molecule has 0 spiro atoms. The topological polar surface area (TPSA) is 50.2 Å². The fourth-order valence-corrected chi connectivity index (χ4v) is 2.81. The Bertz CT molecular complexity index is 746. The number of hydrogen-bond acceptors (Lipinski definition) is 2. The summed E-state index contributed by atoms with van der Waals surface area (Å²) >= 11 is 0. The minimum Gasteiger partial charge on any atom is -0.320 e. The lowest BCUT2D eigenvalue weighted by molar-refractivity contribution is 0.215. The van der Waals surface area contributed by atoms with Crippen molar-refractivity contribution in [1.82, 2.24) is 14.7 Å². The third-order valence-electron chi connectivity index (χ3n) is 4.28. The van der Waals surface area contributed by atoms with Gasteiger partial charge in [0.15, 0.2) is 0 Å². The third-order valence-corrected chi connectivity index (χ3v) is 4.28. The third kappa shape index (κ3) is 3.13. The molecule has 0 aliphatic carbocycles. The molecule has 0 atom stereocenters. The van der Waals surface area contributed by atoms with Gasteiger partial charge in [-0.05, 0) is 20.3 Å². The van der Waals surface area contributed by atoms with Crippen LogP contribution in [0.1, 0.15) is 18.9 Å². The van der Waals surface area contributed by atoms with E-state index in [-0.39, 0.29) is 6.03 Å². The van der Waals surface area contributed by atoms with Crippen molar-refractivity contribution in [2.24, 2.45) is 7.05 Å². The number of urea groups is 1.